The van der Waals surface area contributed by atoms with Crippen LogP contribution in [0.2, 0.25) is 13.1 Å². The SMILES string of the molecule is C/C(=C/[C@@H](C)[C@H](O[SiH](C)C)C1CCCCC1)B1OC(C)(C)C(C)(C)O1. The van der Waals surface area contributed by atoms with Gasteiger partial charge in [-0.15, -0.1) is 0 Å². The first-order valence-electron chi connectivity index (χ1n) is 10.2. The van der Waals surface area contributed by atoms with E-state index in [2.05, 4.69) is 60.7 Å². The molecule has 144 valence electrons. The fourth-order valence-electron chi connectivity index (χ4n) is 4.06. The molecule has 1 aliphatic carbocycles. The molecule has 0 aromatic carbocycles. The van der Waals surface area contributed by atoms with Gasteiger partial charge in [-0.05, 0) is 77.9 Å². The molecule has 0 spiro atoms. The molecular weight excluding hydrogens is 327 g/mol. The lowest BCUT2D eigenvalue weighted by atomic mass is 9.75. The molecule has 3 nitrogen and oxygen atoms in total. The van der Waals surface area contributed by atoms with E-state index in [0.29, 0.717) is 17.9 Å². The molecule has 2 rings (SSSR count). The summed E-state index contributed by atoms with van der Waals surface area (Å²) in [5.74, 6) is 1.11. The van der Waals surface area contributed by atoms with Crippen LogP contribution in [-0.4, -0.2) is 33.5 Å². The van der Waals surface area contributed by atoms with E-state index in [-0.39, 0.29) is 18.3 Å². The summed E-state index contributed by atoms with van der Waals surface area (Å²) in [6.07, 6.45) is 9.44. The Balaban J connectivity index is 2.10. The highest BCUT2D eigenvalue weighted by molar-refractivity contribution is 6.54. The fraction of sp³-hybridized carbons (Fsp3) is 0.900. The molecule has 0 bridgehead atoms. The van der Waals surface area contributed by atoms with Gasteiger partial charge >= 0.3 is 7.12 Å². The van der Waals surface area contributed by atoms with Crippen LogP contribution in [0.3, 0.4) is 0 Å². The van der Waals surface area contributed by atoms with Gasteiger partial charge in [-0.25, -0.2) is 0 Å². The minimum absolute atomic E-state index is 0.240. The Morgan fingerprint density at radius 1 is 1.08 bits per heavy atom. The lowest BCUT2D eigenvalue weighted by molar-refractivity contribution is 0.00578. The van der Waals surface area contributed by atoms with Crippen LogP contribution in [0.1, 0.15) is 73.6 Å². The molecule has 0 N–H and O–H groups in total. The topological polar surface area (TPSA) is 27.7 Å². The monoisotopic (exact) mass is 366 g/mol. The highest BCUT2D eigenvalue weighted by atomic mass is 28.3. The second kappa shape index (κ2) is 8.28. The van der Waals surface area contributed by atoms with Gasteiger partial charge in [0.1, 0.15) is 0 Å². The summed E-state index contributed by atoms with van der Waals surface area (Å²) in [6.45, 7) is 17.5. The third-order valence-corrected chi connectivity index (χ3v) is 7.07. The van der Waals surface area contributed by atoms with Gasteiger partial charge in [0.25, 0.3) is 0 Å². The predicted molar refractivity (Wildman–Crippen MR) is 109 cm³/mol. The van der Waals surface area contributed by atoms with Crippen molar-refractivity contribution < 1.29 is 13.7 Å². The molecule has 2 fully saturated rings. The molecular formula is C20H39BO3Si. The number of hydrogen-bond donors (Lipinski definition) is 0. The Hall–Kier alpha value is -0.0982. The van der Waals surface area contributed by atoms with Gasteiger partial charge in [0.05, 0.1) is 17.3 Å². The fourth-order valence-corrected chi connectivity index (χ4v) is 5.16. The zero-order valence-corrected chi connectivity index (χ0v) is 18.9. The van der Waals surface area contributed by atoms with Crippen LogP contribution in [0, 0.1) is 11.8 Å². The molecule has 2 atom stereocenters. The third kappa shape index (κ3) is 5.21. The Kier molecular flexibility index (Phi) is 7.03. The summed E-state index contributed by atoms with van der Waals surface area (Å²) >= 11 is 0. The molecule has 1 saturated carbocycles. The van der Waals surface area contributed by atoms with Crippen molar-refractivity contribution in [2.24, 2.45) is 11.8 Å². The van der Waals surface area contributed by atoms with E-state index in [0.717, 1.165) is 0 Å². The minimum Gasteiger partial charge on any atom is -0.417 e. The number of hydrogen-bond acceptors (Lipinski definition) is 3. The maximum atomic E-state index is 6.51. The smallest absolute Gasteiger partial charge is 0.417 e. The molecule has 1 heterocycles. The molecule has 0 aromatic rings. The first-order valence-corrected chi connectivity index (χ1v) is 13.0. The Bertz CT molecular complexity index is 454. The molecule has 0 aromatic heterocycles. The van der Waals surface area contributed by atoms with Crippen molar-refractivity contribution in [3.8, 4) is 0 Å². The van der Waals surface area contributed by atoms with Crippen LogP contribution in [0.5, 0.6) is 0 Å². The average molecular weight is 366 g/mol. The third-order valence-electron chi connectivity index (χ3n) is 6.21. The van der Waals surface area contributed by atoms with E-state index < -0.39 is 9.04 Å². The van der Waals surface area contributed by atoms with Crippen molar-refractivity contribution >= 4 is 16.2 Å². The molecule has 0 unspecified atom stereocenters. The summed E-state index contributed by atoms with van der Waals surface area (Å²) < 4.78 is 18.9. The van der Waals surface area contributed by atoms with Crippen molar-refractivity contribution in [2.75, 3.05) is 0 Å². The van der Waals surface area contributed by atoms with Crippen LogP contribution in [0.15, 0.2) is 11.5 Å². The van der Waals surface area contributed by atoms with Crippen molar-refractivity contribution in [1.82, 2.24) is 0 Å². The van der Waals surface area contributed by atoms with E-state index in [1.807, 2.05) is 0 Å². The minimum atomic E-state index is -1.06. The van der Waals surface area contributed by atoms with E-state index >= 15 is 0 Å². The van der Waals surface area contributed by atoms with Crippen molar-refractivity contribution in [1.29, 1.82) is 0 Å². The van der Waals surface area contributed by atoms with E-state index in [9.17, 15) is 0 Å². The van der Waals surface area contributed by atoms with Gasteiger partial charge in [0, 0.05) is 0 Å². The molecule has 5 heteroatoms. The van der Waals surface area contributed by atoms with Crippen molar-refractivity contribution in [3.05, 3.63) is 11.5 Å². The Morgan fingerprint density at radius 2 is 1.60 bits per heavy atom. The van der Waals surface area contributed by atoms with E-state index in [1.165, 1.54) is 37.6 Å². The van der Waals surface area contributed by atoms with Gasteiger partial charge in [0.2, 0.25) is 0 Å². The van der Waals surface area contributed by atoms with Gasteiger partial charge in [-0.3, -0.25) is 0 Å². The molecule has 2 aliphatic rings. The Labute approximate surface area is 157 Å². The van der Waals surface area contributed by atoms with Crippen molar-refractivity contribution in [3.63, 3.8) is 0 Å². The van der Waals surface area contributed by atoms with Gasteiger partial charge < -0.3 is 13.7 Å². The highest BCUT2D eigenvalue weighted by Crippen LogP contribution is 2.39. The van der Waals surface area contributed by atoms with E-state index in [1.54, 1.807) is 0 Å². The molecule has 0 amide bonds. The molecule has 1 saturated heterocycles. The number of allylic oxidation sites excluding steroid dienone is 1. The highest BCUT2D eigenvalue weighted by Gasteiger charge is 2.51. The van der Waals surface area contributed by atoms with Gasteiger partial charge in [-0.2, -0.15) is 0 Å². The molecule has 0 radical (unpaired) electrons. The van der Waals surface area contributed by atoms with Crippen LogP contribution >= 0.6 is 0 Å². The predicted octanol–water partition coefficient (Wildman–Crippen LogP) is 5.15. The van der Waals surface area contributed by atoms with Crippen LogP contribution < -0.4 is 0 Å². The standard InChI is InChI=1S/C20H39BO3Si/c1-15(18(22-25(7)8)17-12-10-9-11-13-17)14-16(2)21-23-19(3,4)20(5,6)24-21/h14-15,17-18,25H,9-13H2,1-8H3/b16-14-/t15-,18+/m1/s1. The van der Waals surface area contributed by atoms with E-state index in [4.69, 9.17) is 13.7 Å². The summed E-state index contributed by atoms with van der Waals surface area (Å²) in [5.41, 5.74) is 0.626. The normalized spacial score (nSPS) is 26.9. The maximum absolute atomic E-state index is 6.51. The van der Waals surface area contributed by atoms with Gasteiger partial charge in [0.15, 0.2) is 9.04 Å². The summed E-state index contributed by atoms with van der Waals surface area (Å²) in [4.78, 5) is 0. The second-order valence-corrected chi connectivity index (χ2v) is 11.8. The molecule has 25 heavy (non-hydrogen) atoms. The zero-order chi connectivity index (χ0) is 18.8. The average Bonchev–Trinajstić information content (AvgIpc) is 2.73. The first kappa shape index (κ1) is 21.2. The lowest BCUT2D eigenvalue weighted by Gasteiger charge is -2.35. The quantitative estimate of drug-likeness (QED) is 0.609. The lowest BCUT2D eigenvalue weighted by Crippen LogP contribution is -2.41. The Morgan fingerprint density at radius 3 is 2.08 bits per heavy atom. The molecule has 1 aliphatic heterocycles. The van der Waals surface area contributed by atoms with Crippen LogP contribution in [-0.2, 0) is 13.7 Å². The van der Waals surface area contributed by atoms with Crippen LogP contribution in [0.4, 0.5) is 0 Å². The van der Waals surface area contributed by atoms with Crippen molar-refractivity contribution in [2.45, 2.75) is 104 Å². The summed E-state index contributed by atoms with van der Waals surface area (Å²) in [7, 11) is -1.30. The maximum Gasteiger partial charge on any atom is 0.489 e. The second-order valence-electron chi connectivity index (χ2n) is 9.41. The summed E-state index contributed by atoms with van der Waals surface area (Å²) in [6, 6.07) is 0. The van der Waals surface area contributed by atoms with Crippen LogP contribution in [0.25, 0.3) is 0 Å². The first-order chi connectivity index (χ1) is 11.5. The summed E-state index contributed by atoms with van der Waals surface area (Å²) in [5, 5.41) is 0. The number of rotatable bonds is 6. The zero-order valence-electron chi connectivity index (χ0n) is 17.7. The largest absolute Gasteiger partial charge is 0.489 e. The van der Waals surface area contributed by atoms with Gasteiger partial charge in [-0.1, -0.05) is 32.3 Å².